The normalized spacial score (nSPS) is 10.8. The molecular weight excluding hydrogens is 421 g/mol. The fourth-order valence-corrected chi connectivity index (χ4v) is 3.14. The van der Waals surface area contributed by atoms with Gasteiger partial charge in [-0.1, -0.05) is 40.9 Å². The SMILES string of the molecule is Cc1nn(Cc2ccc(Cl)c(Cl)c2)c(C)c1NC(=O)COc1ccc(Cl)cc1. The first-order chi connectivity index (χ1) is 13.3. The Morgan fingerprint density at radius 1 is 1.07 bits per heavy atom. The summed E-state index contributed by atoms with van der Waals surface area (Å²) in [6, 6.07) is 12.3. The molecule has 2 aromatic carbocycles. The molecule has 0 unspecified atom stereocenters. The molecule has 1 aromatic heterocycles. The molecule has 0 radical (unpaired) electrons. The molecule has 1 N–H and O–H groups in total. The van der Waals surface area contributed by atoms with Crippen molar-refractivity contribution in [2.75, 3.05) is 11.9 Å². The standard InChI is InChI=1S/C20H18Cl3N3O2/c1-12-20(24-19(27)11-28-16-6-4-15(21)5-7-16)13(2)26(25-12)10-14-3-8-17(22)18(23)9-14/h3-9H,10-11H2,1-2H3,(H,24,27). The van der Waals surface area contributed by atoms with Crippen molar-refractivity contribution >= 4 is 46.4 Å². The van der Waals surface area contributed by atoms with Crippen LogP contribution in [0, 0.1) is 13.8 Å². The number of ether oxygens (including phenoxy) is 1. The number of aromatic nitrogens is 2. The Morgan fingerprint density at radius 2 is 1.79 bits per heavy atom. The predicted octanol–water partition coefficient (Wildman–Crippen LogP) is 5.53. The van der Waals surface area contributed by atoms with E-state index in [4.69, 9.17) is 39.5 Å². The average molecular weight is 439 g/mol. The summed E-state index contributed by atoms with van der Waals surface area (Å²) < 4.78 is 7.29. The molecule has 0 bridgehead atoms. The molecule has 0 saturated carbocycles. The molecule has 1 amide bonds. The summed E-state index contributed by atoms with van der Waals surface area (Å²) in [6.07, 6.45) is 0. The topological polar surface area (TPSA) is 56.2 Å². The van der Waals surface area contributed by atoms with Crippen LogP contribution in [0.15, 0.2) is 42.5 Å². The van der Waals surface area contributed by atoms with Crippen molar-refractivity contribution < 1.29 is 9.53 Å². The number of carbonyl (C=O) groups excluding carboxylic acids is 1. The number of hydrogen-bond acceptors (Lipinski definition) is 3. The van der Waals surface area contributed by atoms with Gasteiger partial charge in [-0.05, 0) is 55.8 Å². The van der Waals surface area contributed by atoms with E-state index < -0.39 is 0 Å². The van der Waals surface area contributed by atoms with Gasteiger partial charge in [-0.15, -0.1) is 0 Å². The van der Waals surface area contributed by atoms with Gasteiger partial charge in [0, 0.05) is 5.02 Å². The molecule has 5 nitrogen and oxygen atoms in total. The summed E-state index contributed by atoms with van der Waals surface area (Å²) in [7, 11) is 0. The number of carbonyl (C=O) groups is 1. The maximum Gasteiger partial charge on any atom is 0.262 e. The van der Waals surface area contributed by atoms with Crippen molar-refractivity contribution in [3.05, 3.63) is 74.5 Å². The van der Waals surface area contributed by atoms with E-state index >= 15 is 0 Å². The maximum atomic E-state index is 12.3. The van der Waals surface area contributed by atoms with E-state index in [1.54, 1.807) is 36.4 Å². The van der Waals surface area contributed by atoms with Gasteiger partial charge < -0.3 is 10.1 Å². The van der Waals surface area contributed by atoms with Gasteiger partial charge in [-0.2, -0.15) is 5.10 Å². The number of hydrogen-bond donors (Lipinski definition) is 1. The van der Waals surface area contributed by atoms with E-state index in [9.17, 15) is 4.79 Å². The Morgan fingerprint density at radius 3 is 2.46 bits per heavy atom. The number of aryl methyl sites for hydroxylation is 1. The van der Waals surface area contributed by atoms with Crippen molar-refractivity contribution in [2.45, 2.75) is 20.4 Å². The number of halogens is 3. The van der Waals surface area contributed by atoms with Gasteiger partial charge in [-0.25, -0.2) is 0 Å². The van der Waals surface area contributed by atoms with Crippen molar-refractivity contribution in [2.24, 2.45) is 0 Å². The Kier molecular flexibility index (Phi) is 6.50. The van der Waals surface area contributed by atoms with Crippen LogP contribution in [-0.2, 0) is 11.3 Å². The Hall–Kier alpha value is -2.21. The highest BCUT2D eigenvalue weighted by molar-refractivity contribution is 6.42. The van der Waals surface area contributed by atoms with Crippen molar-refractivity contribution in [1.29, 1.82) is 0 Å². The van der Waals surface area contributed by atoms with Crippen molar-refractivity contribution in [3.63, 3.8) is 0 Å². The Balaban J connectivity index is 1.66. The minimum Gasteiger partial charge on any atom is -0.484 e. The molecule has 0 spiro atoms. The minimum absolute atomic E-state index is 0.113. The predicted molar refractivity (Wildman–Crippen MR) is 113 cm³/mol. The second kappa shape index (κ2) is 8.86. The molecule has 146 valence electrons. The van der Waals surface area contributed by atoms with Crippen LogP contribution in [0.1, 0.15) is 17.0 Å². The largest absolute Gasteiger partial charge is 0.484 e. The number of anilines is 1. The van der Waals surface area contributed by atoms with E-state index in [1.165, 1.54) is 0 Å². The van der Waals surface area contributed by atoms with E-state index in [0.717, 1.165) is 17.0 Å². The van der Waals surface area contributed by atoms with Gasteiger partial charge in [0.15, 0.2) is 6.61 Å². The fraction of sp³-hybridized carbons (Fsp3) is 0.200. The second-order valence-corrected chi connectivity index (χ2v) is 7.49. The summed E-state index contributed by atoms with van der Waals surface area (Å²) in [4.78, 5) is 12.3. The number of benzene rings is 2. The minimum atomic E-state index is -0.268. The molecule has 3 aromatic rings. The summed E-state index contributed by atoms with van der Waals surface area (Å²) in [6.45, 7) is 4.14. The smallest absolute Gasteiger partial charge is 0.262 e. The third-order valence-corrected chi connectivity index (χ3v) is 5.14. The molecule has 8 heteroatoms. The van der Waals surface area contributed by atoms with Crippen LogP contribution in [0.3, 0.4) is 0 Å². The zero-order valence-corrected chi connectivity index (χ0v) is 17.6. The van der Waals surface area contributed by atoms with Crippen molar-refractivity contribution in [3.8, 4) is 5.75 Å². The van der Waals surface area contributed by atoms with E-state index in [2.05, 4.69) is 10.4 Å². The fourth-order valence-electron chi connectivity index (χ4n) is 2.70. The lowest BCUT2D eigenvalue weighted by molar-refractivity contribution is -0.118. The van der Waals surface area contributed by atoms with Gasteiger partial charge >= 0.3 is 0 Å². The molecular formula is C20H18Cl3N3O2. The third-order valence-electron chi connectivity index (χ3n) is 4.15. The summed E-state index contributed by atoms with van der Waals surface area (Å²) in [5.41, 5.74) is 3.19. The van der Waals surface area contributed by atoms with Gasteiger partial charge in [0.2, 0.25) is 0 Å². The van der Waals surface area contributed by atoms with Crippen LogP contribution in [0.5, 0.6) is 5.75 Å². The first kappa shape index (κ1) is 20.5. The van der Waals surface area contributed by atoms with Crippen LogP contribution in [-0.4, -0.2) is 22.3 Å². The summed E-state index contributed by atoms with van der Waals surface area (Å²) >= 11 is 17.9. The van der Waals surface area contributed by atoms with Crippen molar-refractivity contribution in [1.82, 2.24) is 9.78 Å². The van der Waals surface area contributed by atoms with Crippen LogP contribution in [0.2, 0.25) is 15.1 Å². The van der Waals surface area contributed by atoms with Crippen LogP contribution < -0.4 is 10.1 Å². The van der Waals surface area contributed by atoms with Crippen LogP contribution >= 0.6 is 34.8 Å². The lowest BCUT2D eigenvalue weighted by Crippen LogP contribution is -2.21. The quantitative estimate of drug-likeness (QED) is 0.551. The summed E-state index contributed by atoms with van der Waals surface area (Å²) in [5, 5.41) is 8.98. The van der Waals surface area contributed by atoms with E-state index in [-0.39, 0.29) is 12.5 Å². The number of rotatable bonds is 6. The van der Waals surface area contributed by atoms with Crippen LogP contribution in [0.25, 0.3) is 0 Å². The number of nitrogens with one attached hydrogen (secondary N) is 1. The first-order valence-corrected chi connectivity index (χ1v) is 9.63. The molecule has 3 rings (SSSR count). The summed E-state index contributed by atoms with van der Waals surface area (Å²) in [5.74, 6) is 0.304. The second-order valence-electron chi connectivity index (χ2n) is 6.24. The van der Waals surface area contributed by atoms with Gasteiger partial charge in [-0.3, -0.25) is 9.48 Å². The average Bonchev–Trinajstić information content (AvgIpc) is 2.92. The van der Waals surface area contributed by atoms with E-state index in [1.807, 2.05) is 24.6 Å². The molecule has 0 saturated heterocycles. The first-order valence-electron chi connectivity index (χ1n) is 8.49. The van der Waals surface area contributed by atoms with Gasteiger partial charge in [0.1, 0.15) is 5.75 Å². The highest BCUT2D eigenvalue weighted by Crippen LogP contribution is 2.25. The molecule has 0 aliphatic rings. The third kappa shape index (κ3) is 4.98. The maximum absolute atomic E-state index is 12.3. The molecule has 0 fully saturated rings. The number of amides is 1. The molecule has 0 aliphatic carbocycles. The molecule has 0 aliphatic heterocycles. The highest BCUT2D eigenvalue weighted by Gasteiger charge is 2.15. The molecule has 0 atom stereocenters. The Labute approximate surface area is 178 Å². The van der Waals surface area contributed by atoms with Gasteiger partial charge in [0.25, 0.3) is 5.91 Å². The highest BCUT2D eigenvalue weighted by atomic mass is 35.5. The lowest BCUT2D eigenvalue weighted by Gasteiger charge is -2.09. The van der Waals surface area contributed by atoms with E-state index in [0.29, 0.717) is 33.0 Å². The Bertz CT molecular complexity index is 1000. The monoisotopic (exact) mass is 437 g/mol. The molecule has 28 heavy (non-hydrogen) atoms. The zero-order chi connectivity index (χ0) is 20.3. The molecule has 1 heterocycles. The number of nitrogens with zero attached hydrogens (tertiary/aromatic N) is 2. The van der Waals surface area contributed by atoms with Crippen LogP contribution in [0.4, 0.5) is 5.69 Å². The lowest BCUT2D eigenvalue weighted by atomic mass is 10.2. The van der Waals surface area contributed by atoms with Gasteiger partial charge in [0.05, 0.1) is 33.7 Å². The zero-order valence-electron chi connectivity index (χ0n) is 15.3.